The summed E-state index contributed by atoms with van der Waals surface area (Å²) in [5, 5.41) is 13.7. The Hall–Kier alpha value is -1.75. The Morgan fingerprint density at radius 2 is 2.29 bits per heavy atom. The highest BCUT2D eigenvalue weighted by atomic mass is 15.5. The van der Waals surface area contributed by atoms with Gasteiger partial charge in [-0.15, -0.1) is 10.2 Å². The molecular formula is C9H11N5. The molecule has 14 heavy (non-hydrogen) atoms. The van der Waals surface area contributed by atoms with Crippen LogP contribution in [0.25, 0.3) is 11.4 Å². The second-order valence-corrected chi connectivity index (χ2v) is 3.15. The van der Waals surface area contributed by atoms with Crippen LogP contribution >= 0.6 is 0 Å². The molecule has 0 saturated carbocycles. The molecule has 5 nitrogen and oxygen atoms in total. The maximum Gasteiger partial charge on any atom is 0.204 e. The summed E-state index contributed by atoms with van der Waals surface area (Å²) in [5.74, 6) is 0.590. The van der Waals surface area contributed by atoms with Crippen molar-refractivity contribution >= 4 is 0 Å². The van der Waals surface area contributed by atoms with Gasteiger partial charge in [-0.2, -0.15) is 5.21 Å². The molecule has 0 spiro atoms. The van der Waals surface area contributed by atoms with E-state index >= 15 is 0 Å². The molecule has 0 saturated heterocycles. The number of rotatable bonds is 2. The smallest absolute Gasteiger partial charge is 0.204 e. The first-order chi connectivity index (χ1) is 6.77. The monoisotopic (exact) mass is 189 g/mol. The fraction of sp³-hybridized carbons (Fsp3) is 0.222. The molecule has 0 aliphatic heterocycles. The molecule has 2 aromatic rings. The van der Waals surface area contributed by atoms with Crippen LogP contribution in [0.2, 0.25) is 0 Å². The topological polar surface area (TPSA) is 80.5 Å². The third-order valence-electron chi connectivity index (χ3n) is 2.02. The van der Waals surface area contributed by atoms with Gasteiger partial charge in [-0.05, 0) is 23.8 Å². The summed E-state index contributed by atoms with van der Waals surface area (Å²) in [6.07, 6.45) is 0. The standard InChI is InChI=1S/C9H11N5/c1-6(10)7-3-2-4-8(5-7)9-11-13-14-12-9/h2-6H,10H2,1H3,(H,11,12,13,14)/t6-/m0/s1. The maximum absolute atomic E-state index is 5.77. The molecular weight excluding hydrogens is 178 g/mol. The summed E-state index contributed by atoms with van der Waals surface area (Å²) in [5.41, 5.74) is 7.76. The normalized spacial score (nSPS) is 12.7. The molecule has 1 heterocycles. The summed E-state index contributed by atoms with van der Waals surface area (Å²) in [7, 11) is 0. The minimum Gasteiger partial charge on any atom is -0.324 e. The van der Waals surface area contributed by atoms with E-state index in [0.29, 0.717) is 5.82 Å². The molecule has 0 aliphatic rings. The average molecular weight is 189 g/mol. The van der Waals surface area contributed by atoms with E-state index in [-0.39, 0.29) is 6.04 Å². The SMILES string of the molecule is C[C@H](N)c1cccc(-c2nn[nH]n2)c1. The lowest BCUT2D eigenvalue weighted by Crippen LogP contribution is -2.04. The molecule has 2 rings (SSSR count). The summed E-state index contributed by atoms with van der Waals surface area (Å²) >= 11 is 0. The van der Waals surface area contributed by atoms with Gasteiger partial charge in [0.2, 0.25) is 5.82 Å². The number of nitrogens with zero attached hydrogens (tertiary/aromatic N) is 3. The molecule has 1 aromatic carbocycles. The minimum absolute atomic E-state index is 0.0156. The van der Waals surface area contributed by atoms with Crippen LogP contribution in [0, 0.1) is 0 Å². The van der Waals surface area contributed by atoms with Crippen molar-refractivity contribution in [1.29, 1.82) is 0 Å². The van der Waals surface area contributed by atoms with Gasteiger partial charge in [0.15, 0.2) is 0 Å². The Balaban J connectivity index is 2.41. The minimum atomic E-state index is 0.0156. The van der Waals surface area contributed by atoms with Crippen LogP contribution in [0.5, 0.6) is 0 Å². The molecule has 1 aromatic heterocycles. The molecule has 3 N–H and O–H groups in total. The van der Waals surface area contributed by atoms with Crippen molar-refractivity contribution in [3.63, 3.8) is 0 Å². The number of H-pyrrole nitrogens is 1. The zero-order valence-electron chi connectivity index (χ0n) is 7.81. The lowest BCUT2D eigenvalue weighted by Gasteiger charge is -2.05. The van der Waals surface area contributed by atoms with Crippen molar-refractivity contribution in [3.8, 4) is 11.4 Å². The molecule has 0 bridgehead atoms. The average Bonchev–Trinajstić information content (AvgIpc) is 2.71. The lowest BCUT2D eigenvalue weighted by atomic mass is 10.1. The number of hydrogen-bond acceptors (Lipinski definition) is 4. The molecule has 5 heteroatoms. The van der Waals surface area contributed by atoms with Gasteiger partial charge < -0.3 is 5.73 Å². The number of tetrazole rings is 1. The zero-order valence-corrected chi connectivity index (χ0v) is 7.81. The van der Waals surface area contributed by atoms with Gasteiger partial charge >= 0.3 is 0 Å². The Bertz CT molecular complexity index is 407. The Morgan fingerprint density at radius 1 is 1.43 bits per heavy atom. The first-order valence-corrected chi connectivity index (χ1v) is 4.37. The highest BCUT2D eigenvalue weighted by Gasteiger charge is 2.05. The van der Waals surface area contributed by atoms with E-state index in [0.717, 1.165) is 11.1 Å². The van der Waals surface area contributed by atoms with Crippen LogP contribution in [-0.4, -0.2) is 20.6 Å². The highest BCUT2D eigenvalue weighted by molar-refractivity contribution is 5.55. The van der Waals surface area contributed by atoms with Crippen LogP contribution in [0.3, 0.4) is 0 Å². The van der Waals surface area contributed by atoms with Gasteiger partial charge in [0, 0.05) is 11.6 Å². The van der Waals surface area contributed by atoms with Crippen molar-refractivity contribution in [2.75, 3.05) is 0 Å². The second kappa shape index (κ2) is 3.55. The molecule has 0 fully saturated rings. The second-order valence-electron chi connectivity index (χ2n) is 3.15. The van der Waals surface area contributed by atoms with E-state index in [4.69, 9.17) is 5.73 Å². The van der Waals surface area contributed by atoms with Gasteiger partial charge in [-0.1, -0.05) is 18.2 Å². The van der Waals surface area contributed by atoms with Gasteiger partial charge in [-0.25, -0.2) is 0 Å². The third-order valence-corrected chi connectivity index (χ3v) is 2.02. The summed E-state index contributed by atoms with van der Waals surface area (Å²) in [6.45, 7) is 1.94. The number of aromatic amines is 1. The number of nitrogens with two attached hydrogens (primary N) is 1. The molecule has 0 amide bonds. The first-order valence-electron chi connectivity index (χ1n) is 4.37. The van der Waals surface area contributed by atoms with E-state index < -0.39 is 0 Å². The molecule has 1 atom stereocenters. The van der Waals surface area contributed by atoms with E-state index in [1.165, 1.54) is 0 Å². The van der Waals surface area contributed by atoms with Gasteiger partial charge in [-0.3, -0.25) is 0 Å². The lowest BCUT2D eigenvalue weighted by molar-refractivity contribution is 0.818. The van der Waals surface area contributed by atoms with Crippen molar-refractivity contribution in [3.05, 3.63) is 29.8 Å². The molecule has 0 radical (unpaired) electrons. The van der Waals surface area contributed by atoms with Crippen molar-refractivity contribution in [2.24, 2.45) is 5.73 Å². The largest absolute Gasteiger partial charge is 0.324 e. The summed E-state index contributed by atoms with van der Waals surface area (Å²) < 4.78 is 0. The van der Waals surface area contributed by atoms with E-state index in [9.17, 15) is 0 Å². The maximum atomic E-state index is 5.77. The number of aromatic nitrogens is 4. The fourth-order valence-corrected chi connectivity index (χ4v) is 1.25. The van der Waals surface area contributed by atoms with E-state index in [1.54, 1.807) is 0 Å². The highest BCUT2D eigenvalue weighted by Crippen LogP contribution is 2.18. The first kappa shape index (κ1) is 8.83. The molecule has 72 valence electrons. The van der Waals surface area contributed by atoms with Gasteiger partial charge in [0.1, 0.15) is 0 Å². The Labute approximate surface area is 81.3 Å². The fourth-order valence-electron chi connectivity index (χ4n) is 1.25. The van der Waals surface area contributed by atoms with Crippen molar-refractivity contribution in [2.45, 2.75) is 13.0 Å². The van der Waals surface area contributed by atoms with Gasteiger partial charge in [0.25, 0.3) is 0 Å². The number of hydrogen-bond donors (Lipinski definition) is 2. The third kappa shape index (κ3) is 1.62. The predicted octanol–water partition coefficient (Wildman–Crippen LogP) is 0.886. The molecule has 0 aliphatic carbocycles. The zero-order chi connectivity index (χ0) is 9.97. The van der Waals surface area contributed by atoms with Crippen LogP contribution < -0.4 is 5.73 Å². The predicted molar refractivity (Wildman–Crippen MR) is 52.2 cm³/mol. The van der Waals surface area contributed by atoms with Crippen LogP contribution in [0.15, 0.2) is 24.3 Å². The number of nitrogens with one attached hydrogen (secondary N) is 1. The van der Waals surface area contributed by atoms with E-state index in [2.05, 4.69) is 20.6 Å². The number of benzene rings is 1. The van der Waals surface area contributed by atoms with Gasteiger partial charge in [0.05, 0.1) is 0 Å². The Morgan fingerprint density at radius 3 is 2.93 bits per heavy atom. The molecule has 0 unspecified atom stereocenters. The van der Waals surface area contributed by atoms with Crippen LogP contribution in [0.1, 0.15) is 18.5 Å². The Kier molecular flexibility index (Phi) is 2.24. The van der Waals surface area contributed by atoms with Crippen LogP contribution in [0.4, 0.5) is 0 Å². The summed E-state index contributed by atoms with van der Waals surface area (Å²) in [4.78, 5) is 0. The quantitative estimate of drug-likeness (QED) is 0.735. The van der Waals surface area contributed by atoms with Crippen molar-refractivity contribution < 1.29 is 0 Å². The summed E-state index contributed by atoms with van der Waals surface area (Å²) in [6, 6.07) is 7.83. The van der Waals surface area contributed by atoms with Crippen LogP contribution in [-0.2, 0) is 0 Å². The van der Waals surface area contributed by atoms with Crippen molar-refractivity contribution in [1.82, 2.24) is 20.6 Å². The van der Waals surface area contributed by atoms with E-state index in [1.807, 2.05) is 31.2 Å².